The van der Waals surface area contributed by atoms with Crippen LogP contribution in [0.3, 0.4) is 0 Å². The molecule has 0 spiro atoms. The van der Waals surface area contributed by atoms with Gasteiger partial charge in [0, 0.05) is 10.6 Å². The van der Waals surface area contributed by atoms with Gasteiger partial charge in [0.2, 0.25) is 0 Å². The molecule has 0 amide bonds. The predicted octanol–water partition coefficient (Wildman–Crippen LogP) is 4.78. The average Bonchev–Trinajstić information content (AvgIpc) is 2.28. The Kier molecular flexibility index (Phi) is 3.51. The SMILES string of the molecule is Cc1cccc(-c2cc(Cl)cc(Cl)c2C=O)c1. The van der Waals surface area contributed by atoms with Crippen LogP contribution in [0.4, 0.5) is 0 Å². The van der Waals surface area contributed by atoms with Crippen molar-refractivity contribution in [3.05, 3.63) is 57.6 Å². The maximum atomic E-state index is 11.1. The van der Waals surface area contributed by atoms with E-state index in [0.717, 1.165) is 23.0 Å². The van der Waals surface area contributed by atoms with E-state index in [9.17, 15) is 4.79 Å². The van der Waals surface area contributed by atoms with Crippen molar-refractivity contribution in [1.82, 2.24) is 0 Å². The molecule has 86 valence electrons. The van der Waals surface area contributed by atoms with Gasteiger partial charge < -0.3 is 0 Å². The first-order chi connectivity index (χ1) is 8.11. The van der Waals surface area contributed by atoms with Crippen LogP contribution in [0.25, 0.3) is 11.1 Å². The molecule has 2 rings (SSSR count). The first-order valence-corrected chi connectivity index (χ1v) is 5.88. The highest BCUT2D eigenvalue weighted by molar-refractivity contribution is 6.37. The van der Waals surface area contributed by atoms with Gasteiger partial charge in [-0.2, -0.15) is 0 Å². The van der Waals surface area contributed by atoms with Crippen LogP contribution in [0, 0.1) is 6.92 Å². The third-order valence-corrected chi connectivity index (χ3v) is 3.07. The van der Waals surface area contributed by atoms with Gasteiger partial charge in [0.15, 0.2) is 6.29 Å². The molecule has 0 aromatic heterocycles. The zero-order chi connectivity index (χ0) is 12.4. The molecule has 0 radical (unpaired) electrons. The number of carbonyl (C=O) groups excluding carboxylic acids is 1. The van der Waals surface area contributed by atoms with E-state index in [4.69, 9.17) is 23.2 Å². The van der Waals surface area contributed by atoms with E-state index < -0.39 is 0 Å². The number of rotatable bonds is 2. The van der Waals surface area contributed by atoms with Gasteiger partial charge in [-0.3, -0.25) is 4.79 Å². The van der Waals surface area contributed by atoms with Crippen molar-refractivity contribution < 1.29 is 4.79 Å². The number of aldehydes is 1. The van der Waals surface area contributed by atoms with Crippen molar-refractivity contribution in [3.8, 4) is 11.1 Å². The van der Waals surface area contributed by atoms with Crippen molar-refractivity contribution in [2.24, 2.45) is 0 Å². The molecule has 1 nitrogen and oxygen atoms in total. The number of hydrogen-bond acceptors (Lipinski definition) is 1. The van der Waals surface area contributed by atoms with Crippen LogP contribution in [0.15, 0.2) is 36.4 Å². The maximum Gasteiger partial charge on any atom is 0.152 e. The van der Waals surface area contributed by atoms with E-state index in [0.29, 0.717) is 15.6 Å². The van der Waals surface area contributed by atoms with Crippen molar-refractivity contribution in [2.75, 3.05) is 0 Å². The summed E-state index contributed by atoms with van der Waals surface area (Å²) in [6.45, 7) is 2.00. The first-order valence-electron chi connectivity index (χ1n) is 5.13. The van der Waals surface area contributed by atoms with E-state index in [1.54, 1.807) is 12.1 Å². The summed E-state index contributed by atoms with van der Waals surface area (Å²) in [6.07, 6.45) is 0.760. The van der Waals surface area contributed by atoms with Crippen LogP contribution in [0.1, 0.15) is 15.9 Å². The van der Waals surface area contributed by atoms with Crippen LogP contribution in [-0.2, 0) is 0 Å². The Morgan fingerprint density at radius 2 is 1.88 bits per heavy atom. The minimum absolute atomic E-state index is 0.379. The van der Waals surface area contributed by atoms with Gasteiger partial charge in [-0.1, -0.05) is 53.0 Å². The summed E-state index contributed by atoms with van der Waals surface area (Å²) in [5.41, 5.74) is 3.30. The number of aryl methyl sites for hydroxylation is 1. The lowest BCUT2D eigenvalue weighted by Crippen LogP contribution is -1.90. The van der Waals surface area contributed by atoms with Gasteiger partial charge in [0.1, 0.15) is 0 Å². The topological polar surface area (TPSA) is 17.1 Å². The van der Waals surface area contributed by atoms with Crippen molar-refractivity contribution >= 4 is 29.5 Å². The molecule has 17 heavy (non-hydrogen) atoms. The molecule has 0 aliphatic carbocycles. The van der Waals surface area contributed by atoms with Crippen LogP contribution in [0.2, 0.25) is 10.0 Å². The van der Waals surface area contributed by atoms with Gasteiger partial charge >= 0.3 is 0 Å². The molecule has 0 N–H and O–H groups in total. The lowest BCUT2D eigenvalue weighted by atomic mass is 9.99. The molecule has 0 atom stereocenters. The fourth-order valence-corrected chi connectivity index (χ4v) is 2.29. The lowest BCUT2D eigenvalue weighted by molar-refractivity contribution is 0.112. The molecule has 0 aliphatic heterocycles. The summed E-state index contributed by atoms with van der Waals surface area (Å²) in [6, 6.07) is 11.2. The second-order valence-electron chi connectivity index (χ2n) is 3.84. The monoisotopic (exact) mass is 264 g/mol. The Balaban J connectivity index is 2.70. The average molecular weight is 265 g/mol. The highest BCUT2D eigenvalue weighted by Gasteiger charge is 2.10. The van der Waals surface area contributed by atoms with E-state index in [1.807, 2.05) is 31.2 Å². The Morgan fingerprint density at radius 3 is 2.53 bits per heavy atom. The highest BCUT2D eigenvalue weighted by Crippen LogP contribution is 2.31. The molecule has 0 saturated heterocycles. The van der Waals surface area contributed by atoms with Gasteiger partial charge in [-0.15, -0.1) is 0 Å². The molecule has 0 heterocycles. The number of halogens is 2. The van der Waals surface area contributed by atoms with Gasteiger partial charge in [-0.25, -0.2) is 0 Å². The summed E-state index contributed by atoms with van der Waals surface area (Å²) < 4.78 is 0. The minimum Gasteiger partial charge on any atom is -0.298 e. The van der Waals surface area contributed by atoms with Crippen molar-refractivity contribution in [1.29, 1.82) is 0 Å². The fourth-order valence-electron chi connectivity index (χ4n) is 1.76. The summed E-state index contributed by atoms with van der Waals surface area (Å²) in [4.78, 5) is 11.1. The molecule has 0 fully saturated rings. The van der Waals surface area contributed by atoms with E-state index >= 15 is 0 Å². The standard InChI is InChI=1S/C14H10Cl2O/c1-9-3-2-4-10(5-9)12-6-11(15)7-14(16)13(12)8-17/h2-8H,1H3. The molecule has 2 aromatic carbocycles. The Morgan fingerprint density at radius 1 is 1.12 bits per heavy atom. The normalized spacial score (nSPS) is 10.3. The lowest BCUT2D eigenvalue weighted by Gasteiger charge is -2.08. The largest absolute Gasteiger partial charge is 0.298 e. The quantitative estimate of drug-likeness (QED) is 0.714. The molecule has 0 bridgehead atoms. The summed E-state index contributed by atoms with van der Waals surface area (Å²) in [5, 5.41) is 0.904. The molecular weight excluding hydrogens is 255 g/mol. The molecule has 0 saturated carbocycles. The van der Waals surface area contributed by atoms with E-state index in [1.165, 1.54) is 0 Å². The van der Waals surface area contributed by atoms with Crippen LogP contribution >= 0.6 is 23.2 Å². The fraction of sp³-hybridized carbons (Fsp3) is 0.0714. The molecule has 0 aliphatic rings. The maximum absolute atomic E-state index is 11.1. The van der Waals surface area contributed by atoms with Gasteiger partial charge in [0.05, 0.1) is 5.02 Å². The number of hydrogen-bond donors (Lipinski definition) is 0. The van der Waals surface area contributed by atoms with Crippen molar-refractivity contribution in [3.63, 3.8) is 0 Å². The predicted molar refractivity (Wildman–Crippen MR) is 72.0 cm³/mol. The summed E-state index contributed by atoms with van der Waals surface area (Å²) >= 11 is 12.0. The smallest absolute Gasteiger partial charge is 0.152 e. The number of carbonyl (C=O) groups is 1. The molecule has 0 unspecified atom stereocenters. The second-order valence-corrected chi connectivity index (χ2v) is 4.68. The van der Waals surface area contributed by atoms with E-state index in [-0.39, 0.29) is 0 Å². The van der Waals surface area contributed by atoms with E-state index in [2.05, 4.69) is 0 Å². The van der Waals surface area contributed by atoms with Crippen molar-refractivity contribution in [2.45, 2.75) is 6.92 Å². The van der Waals surface area contributed by atoms with Gasteiger partial charge in [0.25, 0.3) is 0 Å². The third kappa shape index (κ3) is 2.51. The minimum atomic E-state index is 0.379. The zero-order valence-corrected chi connectivity index (χ0v) is 10.7. The highest BCUT2D eigenvalue weighted by atomic mass is 35.5. The Bertz CT molecular complexity index is 576. The Hall–Kier alpha value is -1.31. The van der Waals surface area contributed by atoms with Crippen LogP contribution in [-0.4, -0.2) is 6.29 Å². The van der Waals surface area contributed by atoms with Gasteiger partial charge in [-0.05, 0) is 30.2 Å². The van der Waals surface area contributed by atoms with Crippen LogP contribution in [0.5, 0.6) is 0 Å². The van der Waals surface area contributed by atoms with Crippen LogP contribution < -0.4 is 0 Å². The third-order valence-electron chi connectivity index (χ3n) is 2.54. The second kappa shape index (κ2) is 4.91. The summed E-state index contributed by atoms with van der Waals surface area (Å²) in [7, 11) is 0. The summed E-state index contributed by atoms with van der Waals surface area (Å²) in [5.74, 6) is 0. The Labute approximate surface area is 110 Å². The molecule has 3 heteroatoms. The molecule has 2 aromatic rings. The zero-order valence-electron chi connectivity index (χ0n) is 9.21. The number of benzene rings is 2. The first kappa shape index (κ1) is 12.2. The molecular formula is C14H10Cl2O.